The van der Waals surface area contributed by atoms with E-state index in [0.717, 1.165) is 28.0 Å². The molecule has 1 fully saturated rings. The first-order chi connectivity index (χ1) is 19.5. The van der Waals surface area contributed by atoms with Gasteiger partial charge in [-0.3, -0.25) is 14.5 Å². The molecule has 2 aliphatic heterocycles. The van der Waals surface area contributed by atoms with Gasteiger partial charge in [0.25, 0.3) is 17.7 Å². The van der Waals surface area contributed by atoms with E-state index in [4.69, 9.17) is 26.1 Å². The number of aromatic nitrogens is 3. The zero-order valence-electron chi connectivity index (χ0n) is 21.6. The van der Waals surface area contributed by atoms with Crippen molar-refractivity contribution in [3.63, 3.8) is 0 Å². The second kappa shape index (κ2) is 12.6. The number of nitrogens with two attached hydrogens (primary N) is 2. The van der Waals surface area contributed by atoms with Crippen LogP contribution in [0.25, 0.3) is 0 Å². The van der Waals surface area contributed by atoms with Gasteiger partial charge < -0.3 is 41.4 Å². The number of hydrogen-bond donors (Lipinski definition) is 4. The molecule has 0 aliphatic carbocycles. The number of anilines is 2. The zero-order chi connectivity index (χ0) is 29.8. The highest BCUT2D eigenvalue weighted by Crippen LogP contribution is 2.41. The fraction of sp³-hybridized carbons (Fsp3) is 0.364. The van der Waals surface area contributed by atoms with E-state index >= 15 is 0 Å². The number of oxime groups is 1. The van der Waals surface area contributed by atoms with E-state index in [1.165, 1.54) is 27.8 Å². The summed E-state index contributed by atoms with van der Waals surface area (Å²) < 4.78 is 6.71. The van der Waals surface area contributed by atoms with E-state index in [2.05, 4.69) is 20.4 Å². The fourth-order valence-corrected chi connectivity index (χ4v) is 6.83. The lowest BCUT2D eigenvalue weighted by atomic mass is 10.0. The molecule has 2 atom stereocenters. The van der Waals surface area contributed by atoms with E-state index in [9.17, 15) is 24.3 Å². The number of carbonyl (C=O) groups excluding carboxylic acids is 3. The van der Waals surface area contributed by atoms with Crippen molar-refractivity contribution in [1.29, 1.82) is 0 Å². The van der Waals surface area contributed by atoms with Gasteiger partial charge in [-0.1, -0.05) is 5.16 Å². The summed E-state index contributed by atoms with van der Waals surface area (Å²) >= 11 is 3.48. The van der Waals surface area contributed by atoms with Gasteiger partial charge in [0, 0.05) is 16.9 Å². The fourth-order valence-electron chi connectivity index (χ4n) is 3.81. The first kappa shape index (κ1) is 29.9. The Bertz CT molecular complexity index is 1460. The normalized spacial score (nSPS) is 18.4. The number of hydrogen-bond acceptors (Lipinski definition) is 15. The largest absolute Gasteiger partial charge is 0.543 e. The first-order valence-electron chi connectivity index (χ1n) is 11.8. The van der Waals surface area contributed by atoms with E-state index in [1.807, 2.05) is 0 Å². The molecule has 0 aromatic carbocycles. The number of nitrogens with zero attached hydrogens (tertiary/aromatic N) is 5. The molecule has 0 bridgehead atoms. The number of carboxylic acids is 2. The van der Waals surface area contributed by atoms with Gasteiger partial charge in [-0.25, -0.2) is 9.78 Å². The van der Waals surface area contributed by atoms with Crippen LogP contribution in [0.2, 0.25) is 0 Å². The number of thiazole rings is 1. The van der Waals surface area contributed by atoms with Gasteiger partial charge in [0.05, 0.1) is 24.8 Å². The van der Waals surface area contributed by atoms with Gasteiger partial charge in [0.2, 0.25) is 5.82 Å². The smallest absolute Gasteiger partial charge is 0.364 e. The summed E-state index contributed by atoms with van der Waals surface area (Å²) in [5.41, 5.74) is 11.6. The molecule has 1 saturated heterocycles. The number of amides is 2. The van der Waals surface area contributed by atoms with Crippen LogP contribution >= 0.6 is 34.9 Å². The molecule has 1 unspecified atom stereocenters. The van der Waals surface area contributed by atoms with Gasteiger partial charge in [-0.15, -0.1) is 23.1 Å². The number of carboxylic acid groups (broad SMARTS) is 2. The maximum Gasteiger partial charge on any atom is 0.364 e. The average Bonchev–Trinajstić information content (AvgIpc) is 3.36. The molecule has 41 heavy (non-hydrogen) atoms. The van der Waals surface area contributed by atoms with Crippen molar-refractivity contribution in [3.05, 3.63) is 28.4 Å². The second-order valence-corrected chi connectivity index (χ2v) is 11.3. The molecular weight excluding hydrogens is 600 g/mol. The molecule has 0 radical (unpaired) electrons. The Morgan fingerprint density at radius 3 is 2.76 bits per heavy atom. The summed E-state index contributed by atoms with van der Waals surface area (Å²) in [4.78, 5) is 63.5. The molecule has 2 aliphatic rings. The maximum atomic E-state index is 13.1. The topological polar surface area (TPSA) is 239 Å². The number of rotatable bonds is 12. The van der Waals surface area contributed by atoms with Crippen LogP contribution in [0.4, 0.5) is 10.9 Å². The average molecular weight is 625 g/mol. The van der Waals surface area contributed by atoms with Crippen molar-refractivity contribution in [2.75, 3.05) is 36.2 Å². The molecule has 218 valence electrons. The summed E-state index contributed by atoms with van der Waals surface area (Å²) in [5.74, 6) is -3.55. The van der Waals surface area contributed by atoms with Gasteiger partial charge in [0.1, 0.15) is 23.7 Å². The van der Waals surface area contributed by atoms with Crippen molar-refractivity contribution in [2.45, 2.75) is 23.5 Å². The Labute approximate surface area is 244 Å². The molecule has 2 aromatic heterocycles. The second-order valence-electron chi connectivity index (χ2n) is 8.36. The molecule has 0 spiro atoms. The lowest BCUT2D eigenvalue weighted by Crippen LogP contribution is -2.71. The zero-order valence-corrected chi connectivity index (χ0v) is 24.0. The van der Waals surface area contributed by atoms with Crippen LogP contribution in [0.1, 0.15) is 12.6 Å². The molecule has 4 rings (SSSR count). The molecule has 6 N–H and O–H groups in total. The third-order valence-electron chi connectivity index (χ3n) is 5.62. The molecule has 0 saturated carbocycles. The molecule has 4 heterocycles. The van der Waals surface area contributed by atoms with Crippen molar-refractivity contribution >= 4 is 75.3 Å². The summed E-state index contributed by atoms with van der Waals surface area (Å²) in [6, 6.07) is 0.335. The van der Waals surface area contributed by atoms with Crippen molar-refractivity contribution in [1.82, 2.24) is 20.2 Å². The summed E-state index contributed by atoms with van der Waals surface area (Å²) in [6.45, 7) is 1.27. The van der Waals surface area contributed by atoms with E-state index < -0.39 is 41.8 Å². The van der Waals surface area contributed by atoms with Gasteiger partial charge >= 0.3 is 11.1 Å². The highest BCUT2D eigenvalue weighted by molar-refractivity contribution is 8.01. The Kier molecular flexibility index (Phi) is 9.18. The lowest BCUT2D eigenvalue weighted by molar-refractivity contribution is -0.717. The van der Waals surface area contributed by atoms with Gasteiger partial charge in [-0.05, 0) is 29.2 Å². The van der Waals surface area contributed by atoms with Crippen LogP contribution in [-0.4, -0.2) is 85.6 Å². The van der Waals surface area contributed by atoms with Gasteiger partial charge in [-0.2, -0.15) is 4.57 Å². The van der Waals surface area contributed by atoms with Crippen molar-refractivity contribution in [3.8, 4) is 5.88 Å². The first-order valence-corrected chi connectivity index (χ1v) is 14.7. The van der Waals surface area contributed by atoms with Crippen LogP contribution in [0, 0.1) is 0 Å². The minimum absolute atomic E-state index is 0.0715. The number of nitrogen functional groups attached to an aromatic ring is 2. The van der Waals surface area contributed by atoms with Crippen molar-refractivity contribution in [2.24, 2.45) is 12.2 Å². The van der Waals surface area contributed by atoms with Crippen molar-refractivity contribution < 1.29 is 43.5 Å². The van der Waals surface area contributed by atoms with Gasteiger partial charge in [0.15, 0.2) is 17.5 Å². The number of thioether (sulfide) groups is 2. The number of nitrogens with one attached hydrogen (secondary N) is 1. The lowest BCUT2D eigenvalue weighted by Gasteiger charge is -2.50. The van der Waals surface area contributed by atoms with Crippen LogP contribution in [0.3, 0.4) is 0 Å². The Morgan fingerprint density at radius 1 is 1.37 bits per heavy atom. The number of carbonyl (C=O) groups is 4. The molecular formula is C22H24N8O8S3. The predicted molar refractivity (Wildman–Crippen MR) is 145 cm³/mol. The summed E-state index contributed by atoms with van der Waals surface area (Å²) in [7, 11) is 1.58. The molecule has 2 aromatic rings. The minimum Gasteiger partial charge on any atom is -0.543 e. The summed E-state index contributed by atoms with van der Waals surface area (Å²) in [6.07, 6.45) is 0. The van der Waals surface area contributed by atoms with Crippen LogP contribution in [0.5, 0.6) is 5.88 Å². The Hall–Kier alpha value is -4.10. The third kappa shape index (κ3) is 6.46. The van der Waals surface area contributed by atoms with Crippen LogP contribution < -0.4 is 31.2 Å². The van der Waals surface area contributed by atoms with E-state index in [1.54, 1.807) is 14.0 Å². The number of β-lactam (4-membered cyclic amide) rings is 1. The SMILES string of the molecule is CCO/N=C(\C(=O)NC1C(=O)N2C(C(=O)[O-])=C(CSc3nc(N)cc(OCC(=O)O)[n+]3C)CS[C@H]12)c1csc(N)n1. The Morgan fingerprint density at radius 2 is 2.12 bits per heavy atom. The van der Waals surface area contributed by atoms with Crippen LogP contribution in [0.15, 0.2) is 33.0 Å². The minimum atomic E-state index is -1.55. The molecule has 19 heteroatoms. The highest BCUT2D eigenvalue weighted by Gasteiger charge is 2.53. The van der Waals surface area contributed by atoms with E-state index in [0.29, 0.717) is 10.7 Å². The Balaban J connectivity index is 1.50. The molecule has 16 nitrogen and oxygen atoms in total. The van der Waals surface area contributed by atoms with E-state index in [-0.39, 0.29) is 52.0 Å². The predicted octanol–water partition coefficient (Wildman–Crippen LogP) is -2.07. The van der Waals surface area contributed by atoms with Crippen LogP contribution in [-0.2, 0) is 31.1 Å². The standard InChI is InChI=1S/C22H24N8O8S3/c1-3-38-28-14(10-8-40-21(24)25-10)17(33)27-15-18(34)30-16(20(35)36)9(6-39-19(15)30)7-41-22-26-11(23)4-12(29(22)2)37-5-13(31)32/h4,8,15,19,23H,3,5-7H2,1-2H3,(H5,24,25,27,31,32,33,35,36)/b28-14-/t15?,19-/m1/s1. The molecule has 2 amide bonds. The number of aliphatic carboxylic acids is 2. The third-order valence-corrected chi connectivity index (χ3v) is 8.75. The number of ether oxygens (including phenoxy) is 1. The maximum absolute atomic E-state index is 13.1. The summed E-state index contributed by atoms with van der Waals surface area (Å²) in [5, 5.41) is 28.8. The highest BCUT2D eigenvalue weighted by atomic mass is 32.2. The number of fused-ring (bicyclic) bond motifs is 1. The monoisotopic (exact) mass is 624 g/mol. The quantitative estimate of drug-likeness (QED) is 0.0495.